The van der Waals surface area contributed by atoms with E-state index in [9.17, 15) is 9.59 Å². The second-order valence-electron chi connectivity index (χ2n) is 5.48. The van der Waals surface area contributed by atoms with Crippen molar-refractivity contribution >= 4 is 17.7 Å². The summed E-state index contributed by atoms with van der Waals surface area (Å²) in [5.74, 6) is 0.178. The first-order valence-electron chi connectivity index (χ1n) is 7.94. The molecule has 0 aliphatic rings. The average molecular weight is 343 g/mol. The molecule has 1 aromatic carbocycles. The Balaban J connectivity index is 1.92. The number of aliphatic carboxylic acids is 1. The number of carboxylic acid groups (broad SMARTS) is 1. The number of aryl methyl sites for hydroxylation is 1. The van der Waals surface area contributed by atoms with Gasteiger partial charge in [-0.1, -0.05) is 19.1 Å². The first-order valence-corrected chi connectivity index (χ1v) is 7.94. The molecule has 0 atom stereocenters. The Morgan fingerprint density at radius 1 is 1.28 bits per heavy atom. The summed E-state index contributed by atoms with van der Waals surface area (Å²) in [5.41, 5.74) is 1.67. The molecule has 2 amide bonds. The topological polar surface area (TPSA) is 91.8 Å². The zero-order chi connectivity index (χ0) is 18.2. The van der Waals surface area contributed by atoms with Crippen LogP contribution < -0.4 is 10.1 Å². The lowest BCUT2D eigenvalue weighted by Crippen LogP contribution is -2.33. The summed E-state index contributed by atoms with van der Waals surface area (Å²) < 4.78 is 5.69. The third-order valence-electron chi connectivity index (χ3n) is 3.52. The summed E-state index contributed by atoms with van der Waals surface area (Å²) in [4.78, 5) is 27.9. The van der Waals surface area contributed by atoms with E-state index in [1.54, 1.807) is 12.1 Å². The van der Waals surface area contributed by atoms with Crippen molar-refractivity contribution in [2.45, 2.75) is 19.8 Å². The zero-order valence-electron chi connectivity index (χ0n) is 14.2. The van der Waals surface area contributed by atoms with Crippen molar-refractivity contribution in [1.82, 2.24) is 9.88 Å². The maximum Gasteiger partial charge on any atom is 0.321 e. The van der Waals surface area contributed by atoms with E-state index in [1.807, 2.05) is 24.3 Å². The molecule has 7 heteroatoms. The molecule has 2 aromatic rings. The fourth-order valence-electron chi connectivity index (χ4n) is 2.05. The maximum atomic E-state index is 11.9. The molecule has 0 saturated carbocycles. The summed E-state index contributed by atoms with van der Waals surface area (Å²) in [7, 11) is 1.53. The fourth-order valence-corrected chi connectivity index (χ4v) is 2.05. The first-order chi connectivity index (χ1) is 12.0. The summed E-state index contributed by atoms with van der Waals surface area (Å²) in [6, 6.07) is 10.7. The second-order valence-corrected chi connectivity index (χ2v) is 5.48. The minimum absolute atomic E-state index is 0.105. The van der Waals surface area contributed by atoms with Gasteiger partial charge in [0.1, 0.15) is 5.75 Å². The minimum atomic E-state index is -0.949. The van der Waals surface area contributed by atoms with Crippen LogP contribution in [0.25, 0.3) is 0 Å². The highest BCUT2D eigenvalue weighted by Crippen LogP contribution is 2.21. The summed E-state index contributed by atoms with van der Waals surface area (Å²) in [6.45, 7) is 2.20. The number of benzene rings is 1. The molecular formula is C18H21N3O4. The van der Waals surface area contributed by atoms with Gasteiger partial charge in [-0.05, 0) is 30.2 Å². The average Bonchev–Trinajstić information content (AvgIpc) is 2.61. The Hall–Kier alpha value is -3.09. The van der Waals surface area contributed by atoms with Crippen LogP contribution in [0, 0.1) is 0 Å². The van der Waals surface area contributed by atoms with E-state index in [2.05, 4.69) is 17.2 Å². The van der Waals surface area contributed by atoms with E-state index in [-0.39, 0.29) is 13.0 Å². The van der Waals surface area contributed by atoms with Crippen molar-refractivity contribution in [2.75, 3.05) is 18.9 Å². The number of pyridine rings is 1. The minimum Gasteiger partial charge on any atom is -0.481 e. The molecule has 25 heavy (non-hydrogen) atoms. The number of hydrogen-bond donors (Lipinski definition) is 2. The van der Waals surface area contributed by atoms with Gasteiger partial charge in [0, 0.05) is 19.7 Å². The lowest BCUT2D eigenvalue weighted by Gasteiger charge is -2.16. The van der Waals surface area contributed by atoms with Crippen LogP contribution in [0.15, 0.2) is 42.6 Å². The predicted octanol–water partition coefficient (Wildman–Crippen LogP) is 3.37. The van der Waals surface area contributed by atoms with Gasteiger partial charge in [0.2, 0.25) is 5.88 Å². The van der Waals surface area contributed by atoms with Crippen LogP contribution in [0.2, 0.25) is 0 Å². The van der Waals surface area contributed by atoms with Crippen molar-refractivity contribution in [1.29, 1.82) is 0 Å². The Morgan fingerprint density at radius 2 is 2.08 bits per heavy atom. The number of carbonyl (C=O) groups excluding carboxylic acids is 1. The van der Waals surface area contributed by atoms with Gasteiger partial charge in [0.25, 0.3) is 0 Å². The molecule has 7 nitrogen and oxygen atoms in total. The lowest BCUT2D eigenvalue weighted by atomic mass is 10.2. The van der Waals surface area contributed by atoms with Crippen molar-refractivity contribution < 1.29 is 19.4 Å². The summed E-state index contributed by atoms with van der Waals surface area (Å²) in [6.07, 6.45) is 2.30. The highest BCUT2D eigenvalue weighted by atomic mass is 16.5. The number of aromatic nitrogens is 1. The molecule has 132 valence electrons. The number of urea groups is 1. The molecule has 1 heterocycles. The number of hydrogen-bond acceptors (Lipinski definition) is 4. The number of nitrogens with zero attached hydrogens (tertiary/aromatic N) is 2. The Labute approximate surface area is 146 Å². The van der Waals surface area contributed by atoms with Gasteiger partial charge in [-0.15, -0.1) is 0 Å². The SMILES string of the molecule is CCc1cccc(Oc2ccc(NC(=O)N(C)CCC(=O)O)cn2)c1. The van der Waals surface area contributed by atoms with Gasteiger partial charge in [-0.25, -0.2) is 9.78 Å². The van der Waals surface area contributed by atoms with E-state index in [0.717, 1.165) is 6.42 Å². The summed E-state index contributed by atoms with van der Waals surface area (Å²) in [5, 5.41) is 11.3. The molecule has 0 unspecified atom stereocenters. The Kier molecular flexibility index (Phi) is 6.33. The Morgan fingerprint density at radius 3 is 2.72 bits per heavy atom. The third-order valence-corrected chi connectivity index (χ3v) is 3.52. The third kappa shape index (κ3) is 5.80. The highest BCUT2D eigenvalue weighted by Gasteiger charge is 2.10. The number of nitrogens with one attached hydrogen (secondary N) is 1. The van der Waals surface area contributed by atoms with Crippen LogP contribution in [0.5, 0.6) is 11.6 Å². The highest BCUT2D eigenvalue weighted by molar-refractivity contribution is 5.89. The van der Waals surface area contributed by atoms with Crippen LogP contribution in [-0.4, -0.2) is 40.6 Å². The molecule has 0 saturated heterocycles. The van der Waals surface area contributed by atoms with Gasteiger partial charge in [0.15, 0.2) is 0 Å². The van der Waals surface area contributed by atoms with Crippen molar-refractivity contribution in [3.05, 3.63) is 48.2 Å². The summed E-state index contributed by atoms with van der Waals surface area (Å²) >= 11 is 0. The standard InChI is InChI=1S/C18H21N3O4/c1-3-13-5-4-6-15(11-13)25-16-8-7-14(12-19-16)20-18(24)21(2)10-9-17(22)23/h4-8,11-12H,3,9-10H2,1-2H3,(H,20,24)(H,22,23). The normalized spacial score (nSPS) is 10.2. The first kappa shape index (κ1) is 18.3. The van der Waals surface area contributed by atoms with Crippen LogP contribution >= 0.6 is 0 Å². The number of rotatable bonds is 7. The number of carboxylic acids is 1. The van der Waals surface area contributed by atoms with Crippen LogP contribution in [0.1, 0.15) is 18.9 Å². The smallest absolute Gasteiger partial charge is 0.321 e. The van der Waals surface area contributed by atoms with E-state index < -0.39 is 12.0 Å². The second kappa shape index (κ2) is 8.68. The molecule has 0 fully saturated rings. The molecule has 2 N–H and O–H groups in total. The number of ether oxygens (including phenoxy) is 1. The van der Waals surface area contributed by atoms with E-state index in [0.29, 0.717) is 17.3 Å². The van der Waals surface area contributed by atoms with Gasteiger partial charge in [-0.2, -0.15) is 0 Å². The molecule has 0 aliphatic heterocycles. The van der Waals surface area contributed by atoms with E-state index >= 15 is 0 Å². The number of anilines is 1. The monoisotopic (exact) mass is 343 g/mol. The molecule has 2 rings (SSSR count). The van der Waals surface area contributed by atoms with Gasteiger partial charge >= 0.3 is 12.0 Å². The zero-order valence-corrected chi connectivity index (χ0v) is 14.2. The molecule has 0 aliphatic carbocycles. The van der Waals surface area contributed by atoms with Gasteiger partial charge in [0.05, 0.1) is 18.3 Å². The lowest BCUT2D eigenvalue weighted by molar-refractivity contribution is -0.137. The van der Waals surface area contributed by atoms with Gasteiger partial charge < -0.3 is 20.1 Å². The fraction of sp³-hybridized carbons (Fsp3) is 0.278. The van der Waals surface area contributed by atoms with E-state index in [1.165, 1.54) is 23.7 Å². The molecule has 0 spiro atoms. The number of amides is 2. The van der Waals surface area contributed by atoms with Crippen LogP contribution in [0.4, 0.5) is 10.5 Å². The van der Waals surface area contributed by atoms with Crippen molar-refractivity contribution in [3.63, 3.8) is 0 Å². The largest absolute Gasteiger partial charge is 0.481 e. The van der Waals surface area contributed by atoms with Crippen molar-refractivity contribution in [2.24, 2.45) is 0 Å². The van der Waals surface area contributed by atoms with Crippen molar-refractivity contribution in [3.8, 4) is 11.6 Å². The number of carbonyl (C=O) groups is 2. The van der Waals surface area contributed by atoms with E-state index in [4.69, 9.17) is 9.84 Å². The van der Waals surface area contributed by atoms with Gasteiger partial charge in [-0.3, -0.25) is 4.79 Å². The van der Waals surface area contributed by atoms with Crippen LogP contribution in [-0.2, 0) is 11.2 Å². The molecule has 0 radical (unpaired) electrons. The maximum absolute atomic E-state index is 11.9. The predicted molar refractivity (Wildman–Crippen MR) is 94.0 cm³/mol. The van der Waals surface area contributed by atoms with Crippen LogP contribution in [0.3, 0.4) is 0 Å². The molecule has 0 bridgehead atoms. The quantitative estimate of drug-likeness (QED) is 0.804. The molecular weight excluding hydrogens is 322 g/mol. The molecule has 1 aromatic heterocycles. The Bertz CT molecular complexity index is 731.